The summed E-state index contributed by atoms with van der Waals surface area (Å²) < 4.78 is 45.4. The third-order valence-corrected chi connectivity index (χ3v) is 2.70. The zero-order valence-electron chi connectivity index (χ0n) is 10.6. The third kappa shape index (κ3) is 3.99. The Bertz CT molecular complexity index is 412. The van der Waals surface area contributed by atoms with Crippen LogP contribution in [0.15, 0.2) is 18.3 Å². The lowest BCUT2D eigenvalue weighted by Crippen LogP contribution is -2.45. The molecule has 1 aromatic heterocycles. The molecule has 0 bridgehead atoms. The van der Waals surface area contributed by atoms with Crippen LogP contribution < -0.4 is 9.64 Å². The number of morpholine rings is 1. The van der Waals surface area contributed by atoms with Gasteiger partial charge in [0.1, 0.15) is 11.6 Å². The smallest absolute Gasteiger partial charge is 0.404 e. The van der Waals surface area contributed by atoms with E-state index in [-0.39, 0.29) is 18.0 Å². The number of pyridine rings is 1. The average molecular weight is 276 g/mol. The van der Waals surface area contributed by atoms with Gasteiger partial charge in [0.2, 0.25) is 0 Å². The Kier molecular flexibility index (Phi) is 3.84. The van der Waals surface area contributed by atoms with Gasteiger partial charge in [0.25, 0.3) is 0 Å². The summed E-state index contributed by atoms with van der Waals surface area (Å²) in [4.78, 5) is 5.98. The van der Waals surface area contributed by atoms with E-state index in [1.54, 1.807) is 0 Å². The van der Waals surface area contributed by atoms with Crippen LogP contribution in [0.3, 0.4) is 0 Å². The fraction of sp³-hybridized carbons (Fsp3) is 0.583. The van der Waals surface area contributed by atoms with Crippen molar-refractivity contribution in [2.24, 2.45) is 0 Å². The van der Waals surface area contributed by atoms with Crippen molar-refractivity contribution < 1.29 is 22.6 Å². The Morgan fingerprint density at radius 2 is 1.89 bits per heavy atom. The van der Waals surface area contributed by atoms with E-state index in [9.17, 15) is 13.2 Å². The molecule has 0 N–H and O–H groups in total. The van der Waals surface area contributed by atoms with Crippen LogP contribution in [0.2, 0.25) is 0 Å². The molecule has 2 unspecified atom stereocenters. The molecule has 1 aliphatic heterocycles. The van der Waals surface area contributed by atoms with E-state index in [1.807, 2.05) is 18.7 Å². The molecule has 0 saturated carbocycles. The van der Waals surface area contributed by atoms with Gasteiger partial charge in [0.05, 0.1) is 18.4 Å². The van der Waals surface area contributed by atoms with Crippen LogP contribution in [-0.2, 0) is 4.74 Å². The fourth-order valence-corrected chi connectivity index (χ4v) is 2.12. The van der Waals surface area contributed by atoms with Crippen molar-refractivity contribution in [1.29, 1.82) is 0 Å². The van der Waals surface area contributed by atoms with E-state index in [2.05, 4.69) is 9.72 Å². The van der Waals surface area contributed by atoms with Crippen molar-refractivity contribution in [3.63, 3.8) is 0 Å². The minimum Gasteiger partial charge on any atom is -0.404 e. The van der Waals surface area contributed by atoms with Gasteiger partial charge in [0, 0.05) is 13.1 Å². The van der Waals surface area contributed by atoms with E-state index < -0.39 is 6.36 Å². The van der Waals surface area contributed by atoms with Gasteiger partial charge in [-0.3, -0.25) is 0 Å². The monoisotopic (exact) mass is 276 g/mol. The first-order valence-electron chi connectivity index (χ1n) is 5.96. The molecular formula is C12H15F3N2O2. The van der Waals surface area contributed by atoms with Gasteiger partial charge in [-0.2, -0.15) is 0 Å². The highest BCUT2D eigenvalue weighted by Crippen LogP contribution is 2.24. The molecule has 2 heterocycles. The number of aromatic nitrogens is 1. The normalized spacial score (nSPS) is 24.4. The Morgan fingerprint density at radius 1 is 1.26 bits per heavy atom. The highest BCUT2D eigenvalue weighted by Gasteiger charge is 2.31. The Labute approximate surface area is 109 Å². The summed E-state index contributed by atoms with van der Waals surface area (Å²) >= 11 is 0. The van der Waals surface area contributed by atoms with Crippen molar-refractivity contribution >= 4 is 5.82 Å². The van der Waals surface area contributed by atoms with Crippen molar-refractivity contribution in [2.45, 2.75) is 32.4 Å². The predicted molar refractivity (Wildman–Crippen MR) is 63.1 cm³/mol. The molecule has 0 spiro atoms. The lowest BCUT2D eigenvalue weighted by molar-refractivity contribution is -0.274. The molecule has 19 heavy (non-hydrogen) atoms. The van der Waals surface area contributed by atoms with Crippen LogP contribution in [0.5, 0.6) is 5.75 Å². The van der Waals surface area contributed by atoms with E-state index in [0.717, 1.165) is 6.20 Å². The molecule has 4 nitrogen and oxygen atoms in total. The Morgan fingerprint density at radius 3 is 2.37 bits per heavy atom. The topological polar surface area (TPSA) is 34.6 Å². The lowest BCUT2D eigenvalue weighted by atomic mass is 10.2. The first-order chi connectivity index (χ1) is 8.83. The first-order valence-corrected chi connectivity index (χ1v) is 5.96. The molecule has 2 rings (SSSR count). The third-order valence-electron chi connectivity index (χ3n) is 2.70. The fourth-order valence-electron chi connectivity index (χ4n) is 2.12. The van der Waals surface area contributed by atoms with E-state index in [4.69, 9.17) is 4.74 Å². The number of hydrogen-bond donors (Lipinski definition) is 0. The molecule has 106 valence electrons. The predicted octanol–water partition coefficient (Wildman–Crippen LogP) is 2.59. The van der Waals surface area contributed by atoms with Crippen LogP contribution in [-0.4, -0.2) is 36.6 Å². The van der Waals surface area contributed by atoms with Gasteiger partial charge >= 0.3 is 6.36 Å². The second kappa shape index (κ2) is 5.24. The molecule has 0 amide bonds. The molecule has 1 aliphatic rings. The molecule has 0 radical (unpaired) electrons. The van der Waals surface area contributed by atoms with Gasteiger partial charge in [-0.1, -0.05) is 0 Å². The van der Waals surface area contributed by atoms with Crippen LogP contribution >= 0.6 is 0 Å². The number of hydrogen-bond acceptors (Lipinski definition) is 4. The Balaban J connectivity index is 2.05. The van der Waals surface area contributed by atoms with Gasteiger partial charge in [0.15, 0.2) is 0 Å². The Hall–Kier alpha value is -1.50. The summed E-state index contributed by atoms with van der Waals surface area (Å²) in [6.45, 7) is 5.22. The van der Waals surface area contributed by atoms with Crippen molar-refractivity contribution in [3.05, 3.63) is 18.3 Å². The summed E-state index contributed by atoms with van der Waals surface area (Å²) in [7, 11) is 0. The molecule has 0 aliphatic carbocycles. The van der Waals surface area contributed by atoms with Crippen LogP contribution in [0.25, 0.3) is 0 Å². The van der Waals surface area contributed by atoms with Crippen molar-refractivity contribution in [1.82, 2.24) is 4.98 Å². The molecular weight excluding hydrogens is 261 g/mol. The highest BCUT2D eigenvalue weighted by molar-refractivity contribution is 5.41. The second-order valence-electron chi connectivity index (χ2n) is 4.56. The molecule has 1 saturated heterocycles. The van der Waals surface area contributed by atoms with Crippen LogP contribution in [0, 0.1) is 0 Å². The molecule has 1 fully saturated rings. The van der Waals surface area contributed by atoms with Crippen molar-refractivity contribution in [3.8, 4) is 5.75 Å². The summed E-state index contributed by atoms with van der Waals surface area (Å²) in [5, 5.41) is 0. The molecule has 7 heteroatoms. The zero-order valence-corrected chi connectivity index (χ0v) is 10.6. The largest absolute Gasteiger partial charge is 0.573 e. The van der Waals surface area contributed by atoms with E-state index >= 15 is 0 Å². The number of anilines is 1. The standard InChI is InChI=1S/C12H15F3N2O2/c1-8-6-17(7-9(2)18-8)11-4-3-10(5-16-11)19-12(13,14)15/h3-5,8-9H,6-7H2,1-2H3. The number of nitrogens with zero attached hydrogens (tertiary/aromatic N) is 2. The molecule has 2 atom stereocenters. The maximum Gasteiger partial charge on any atom is 0.573 e. The molecule has 0 aromatic carbocycles. The summed E-state index contributed by atoms with van der Waals surface area (Å²) in [6, 6.07) is 2.78. The SMILES string of the molecule is CC1CN(c2ccc(OC(F)(F)F)cn2)CC(C)O1. The van der Waals surface area contributed by atoms with Crippen LogP contribution in [0.4, 0.5) is 19.0 Å². The number of ether oxygens (including phenoxy) is 2. The average Bonchev–Trinajstić information content (AvgIpc) is 2.26. The quantitative estimate of drug-likeness (QED) is 0.831. The minimum atomic E-state index is -4.69. The number of halogens is 3. The minimum absolute atomic E-state index is 0.0663. The van der Waals surface area contributed by atoms with Gasteiger partial charge in [-0.25, -0.2) is 4.98 Å². The lowest BCUT2D eigenvalue weighted by Gasteiger charge is -2.36. The maximum absolute atomic E-state index is 12.0. The second-order valence-corrected chi connectivity index (χ2v) is 4.56. The van der Waals surface area contributed by atoms with Crippen LogP contribution in [0.1, 0.15) is 13.8 Å². The maximum atomic E-state index is 12.0. The van der Waals surface area contributed by atoms with Crippen molar-refractivity contribution in [2.75, 3.05) is 18.0 Å². The highest BCUT2D eigenvalue weighted by atomic mass is 19.4. The van der Waals surface area contributed by atoms with Gasteiger partial charge in [-0.05, 0) is 26.0 Å². The first kappa shape index (κ1) is 13.9. The van der Waals surface area contributed by atoms with E-state index in [0.29, 0.717) is 18.9 Å². The van der Waals surface area contributed by atoms with Gasteiger partial charge in [-0.15, -0.1) is 13.2 Å². The number of alkyl halides is 3. The summed E-state index contributed by atoms with van der Waals surface area (Å²) in [5.74, 6) is 0.308. The summed E-state index contributed by atoms with van der Waals surface area (Å²) in [6.07, 6.45) is -3.48. The molecule has 1 aromatic rings. The summed E-state index contributed by atoms with van der Waals surface area (Å²) in [5.41, 5.74) is 0. The van der Waals surface area contributed by atoms with Gasteiger partial charge < -0.3 is 14.4 Å². The zero-order chi connectivity index (χ0) is 14.0. The van der Waals surface area contributed by atoms with E-state index in [1.165, 1.54) is 12.1 Å². The number of rotatable bonds is 2.